The van der Waals surface area contributed by atoms with E-state index in [-0.39, 0.29) is 4.90 Å². The molecule has 6 aromatic rings. The van der Waals surface area contributed by atoms with Gasteiger partial charge in [0.2, 0.25) is 0 Å². The fraction of sp³-hybridized carbons (Fsp3) is 0.162. The van der Waals surface area contributed by atoms with Crippen LogP contribution in [0.2, 0.25) is 0 Å². The summed E-state index contributed by atoms with van der Waals surface area (Å²) in [7, 11) is -1.77. The van der Waals surface area contributed by atoms with Gasteiger partial charge in [-0.3, -0.25) is 0 Å². The van der Waals surface area contributed by atoms with Gasteiger partial charge in [0.1, 0.15) is 0 Å². The third-order valence-electron chi connectivity index (χ3n) is 8.62. The molecule has 0 amide bonds. The summed E-state index contributed by atoms with van der Waals surface area (Å²) in [6.45, 7) is 6.16. The molecular formula is C37H34N4O2S. The molecule has 0 bridgehead atoms. The van der Waals surface area contributed by atoms with E-state index in [0.29, 0.717) is 11.2 Å². The summed E-state index contributed by atoms with van der Waals surface area (Å²) in [5.74, 6) is 0. The Morgan fingerprint density at radius 1 is 0.773 bits per heavy atom. The number of hydrogen-bond donors (Lipinski definition) is 0. The van der Waals surface area contributed by atoms with Gasteiger partial charge in [0.25, 0.3) is 10.0 Å². The molecule has 4 aromatic carbocycles. The topological polar surface area (TPSA) is 58.4 Å². The normalized spacial score (nSPS) is 14.9. The second-order valence-corrected chi connectivity index (χ2v) is 13.1. The molecule has 1 fully saturated rings. The van der Waals surface area contributed by atoms with E-state index in [9.17, 15) is 8.42 Å². The summed E-state index contributed by atoms with van der Waals surface area (Å²) >= 11 is 0. The fourth-order valence-corrected chi connectivity index (χ4v) is 7.76. The number of nitrogens with zero attached hydrogens (tertiary/aromatic N) is 4. The predicted octanol–water partition coefficient (Wildman–Crippen LogP) is 7.30. The molecule has 0 N–H and O–H groups in total. The van der Waals surface area contributed by atoms with Gasteiger partial charge >= 0.3 is 0 Å². The number of aromatic nitrogens is 2. The van der Waals surface area contributed by atoms with Gasteiger partial charge in [0.15, 0.2) is 5.65 Å². The van der Waals surface area contributed by atoms with E-state index >= 15 is 0 Å². The minimum atomic E-state index is -3.94. The maximum atomic E-state index is 14.2. The first-order valence-corrected chi connectivity index (χ1v) is 16.4. The number of hydrogen-bond acceptors (Lipinski definition) is 5. The second kappa shape index (κ2) is 11.4. The van der Waals surface area contributed by atoms with Gasteiger partial charge in [-0.05, 0) is 84.3 Å². The van der Waals surface area contributed by atoms with Crippen molar-refractivity contribution < 1.29 is 8.42 Å². The summed E-state index contributed by atoms with van der Waals surface area (Å²) in [6, 6.07) is 35.5. The number of pyridine rings is 1. The Morgan fingerprint density at radius 3 is 2.11 bits per heavy atom. The number of fused-ring (bicyclic) bond motifs is 3. The zero-order chi connectivity index (χ0) is 30.3. The van der Waals surface area contributed by atoms with Crippen molar-refractivity contribution in [2.75, 3.05) is 38.1 Å². The first-order valence-electron chi connectivity index (χ1n) is 15.0. The van der Waals surface area contributed by atoms with E-state index in [1.54, 1.807) is 30.5 Å². The Bertz CT molecular complexity index is 2090. The number of rotatable bonds is 6. The van der Waals surface area contributed by atoms with E-state index in [1.165, 1.54) is 9.66 Å². The molecule has 0 atom stereocenters. The van der Waals surface area contributed by atoms with Crippen LogP contribution in [0.4, 0.5) is 5.69 Å². The fourth-order valence-electron chi connectivity index (χ4n) is 6.27. The molecule has 1 saturated heterocycles. The smallest absolute Gasteiger partial charge is 0.269 e. The summed E-state index contributed by atoms with van der Waals surface area (Å²) in [6.07, 6.45) is 3.79. The van der Waals surface area contributed by atoms with Crippen LogP contribution in [0, 0.1) is 0 Å². The zero-order valence-electron chi connectivity index (χ0n) is 24.9. The van der Waals surface area contributed by atoms with E-state index in [0.717, 1.165) is 64.8 Å². The molecule has 7 heteroatoms. The highest BCUT2D eigenvalue weighted by Crippen LogP contribution is 2.39. The third kappa shape index (κ3) is 4.88. The van der Waals surface area contributed by atoms with Crippen LogP contribution in [0.25, 0.3) is 38.6 Å². The highest BCUT2D eigenvalue weighted by molar-refractivity contribution is 7.90. The molecule has 2 aromatic heterocycles. The number of benzene rings is 4. The van der Waals surface area contributed by atoms with Gasteiger partial charge in [-0.15, -0.1) is 0 Å². The number of piperazine rings is 1. The Labute approximate surface area is 258 Å². The SMILES string of the molecule is C/C=C(\c1ccccc1)c1ccnc2c1c1cc(-c3ccc(N4CCN(C)CC4)cc3)ccc1n2S(=O)(=O)c1ccccc1. The minimum absolute atomic E-state index is 0.226. The lowest BCUT2D eigenvalue weighted by atomic mass is 9.94. The summed E-state index contributed by atoms with van der Waals surface area (Å²) in [5, 5.41) is 1.66. The van der Waals surface area contributed by atoms with Gasteiger partial charge in [0, 0.05) is 48.8 Å². The number of likely N-dealkylation sites (N-methyl/N-ethyl adjacent to an activating group) is 1. The van der Waals surface area contributed by atoms with Crippen LogP contribution in [0.5, 0.6) is 0 Å². The second-order valence-electron chi connectivity index (χ2n) is 11.3. The number of anilines is 1. The molecular weight excluding hydrogens is 565 g/mol. The van der Waals surface area contributed by atoms with Crippen LogP contribution in [0.1, 0.15) is 18.1 Å². The third-order valence-corrected chi connectivity index (χ3v) is 10.3. The van der Waals surface area contributed by atoms with Crippen molar-refractivity contribution in [2.45, 2.75) is 11.8 Å². The Kier molecular flexibility index (Phi) is 7.28. The Hall–Kier alpha value is -4.72. The first kappa shape index (κ1) is 28.1. The van der Waals surface area contributed by atoms with E-state index in [4.69, 9.17) is 4.98 Å². The maximum absolute atomic E-state index is 14.2. The molecule has 44 heavy (non-hydrogen) atoms. The lowest BCUT2D eigenvalue weighted by Gasteiger charge is -2.34. The highest BCUT2D eigenvalue weighted by Gasteiger charge is 2.26. The molecule has 1 aliphatic rings. The van der Waals surface area contributed by atoms with Gasteiger partial charge in [-0.1, -0.05) is 72.8 Å². The van der Waals surface area contributed by atoms with Gasteiger partial charge in [0.05, 0.1) is 10.4 Å². The molecule has 7 rings (SSSR count). The predicted molar refractivity (Wildman–Crippen MR) is 181 cm³/mol. The van der Waals surface area contributed by atoms with E-state index in [1.807, 2.05) is 49.4 Å². The standard InChI is InChI=1S/C37H34N4O2S/c1-3-32(28-10-6-4-7-11-28)33-20-21-38-37-36(33)34-26-29(27-14-17-30(18-15-27)40-24-22-39(2)23-25-40)16-19-35(34)41(37)44(42,43)31-12-8-5-9-13-31/h3-21,26H,22-25H2,1-2H3/b32-3+. The van der Waals surface area contributed by atoms with Crippen molar-refractivity contribution >= 4 is 43.2 Å². The lowest BCUT2D eigenvalue weighted by Crippen LogP contribution is -2.44. The van der Waals surface area contributed by atoms with Crippen molar-refractivity contribution in [2.24, 2.45) is 0 Å². The van der Waals surface area contributed by atoms with E-state index < -0.39 is 10.0 Å². The molecule has 0 saturated carbocycles. The molecule has 0 radical (unpaired) electrons. The minimum Gasteiger partial charge on any atom is -0.369 e. The van der Waals surface area contributed by atoms with Crippen molar-refractivity contribution in [3.8, 4) is 11.1 Å². The van der Waals surface area contributed by atoms with E-state index in [2.05, 4.69) is 65.4 Å². The van der Waals surface area contributed by atoms with Crippen LogP contribution in [-0.2, 0) is 10.0 Å². The van der Waals surface area contributed by atoms with Crippen LogP contribution >= 0.6 is 0 Å². The average Bonchev–Trinajstić information content (AvgIpc) is 3.42. The highest BCUT2D eigenvalue weighted by atomic mass is 32.2. The lowest BCUT2D eigenvalue weighted by molar-refractivity contribution is 0.313. The monoisotopic (exact) mass is 598 g/mol. The largest absolute Gasteiger partial charge is 0.369 e. The summed E-state index contributed by atoms with van der Waals surface area (Å²) < 4.78 is 29.8. The molecule has 1 aliphatic heterocycles. The maximum Gasteiger partial charge on any atom is 0.269 e. The molecule has 0 spiro atoms. The van der Waals surface area contributed by atoms with Crippen molar-refractivity contribution in [3.63, 3.8) is 0 Å². The van der Waals surface area contributed by atoms with Crippen LogP contribution < -0.4 is 4.90 Å². The van der Waals surface area contributed by atoms with Crippen LogP contribution in [0.15, 0.2) is 126 Å². The zero-order valence-corrected chi connectivity index (χ0v) is 25.7. The summed E-state index contributed by atoms with van der Waals surface area (Å²) in [4.78, 5) is 9.71. The van der Waals surface area contributed by atoms with Crippen molar-refractivity contribution in [1.82, 2.24) is 13.9 Å². The van der Waals surface area contributed by atoms with Gasteiger partial charge < -0.3 is 9.80 Å². The van der Waals surface area contributed by atoms with Gasteiger partial charge in [-0.2, -0.15) is 0 Å². The number of allylic oxidation sites excluding steroid dienone is 1. The summed E-state index contributed by atoms with van der Waals surface area (Å²) in [5.41, 5.74) is 7.37. The Morgan fingerprint density at radius 2 is 1.43 bits per heavy atom. The quantitative estimate of drug-likeness (QED) is 0.201. The average molecular weight is 599 g/mol. The van der Waals surface area contributed by atoms with Crippen LogP contribution in [-0.4, -0.2) is 55.5 Å². The first-order chi connectivity index (χ1) is 21.5. The molecule has 220 valence electrons. The molecule has 0 aliphatic carbocycles. The Balaban J connectivity index is 1.43. The molecule has 3 heterocycles. The van der Waals surface area contributed by atoms with Crippen LogP contribution in [0.3, 0.4) is 0 Å². The van der Waals surface area contributed by atoms with Crippen molar-refractivity contribution in [3.05, 3.63) is 133 Å². The molecule has 6 nitrogen and oxygen atoms in total. The van der Waals surface area contributed by atoms with Gasteiger partial charge in [-0.25, -0.2) is 17.4 Å². The van der Waals surface area contributed by atoms with Crippen molar-refractivity contribution in [1.29, 1.82) is 0 Å². The molecule has 0 unspecified atom stereocenters.